The lowest BCUT2D eigenvalue weighted by Gasteiger charge is -2.31. The van der Waals surface area contributed by atoms with E-state index in [1.807, 2.05) is 29.8 Å². The SMILES string of the molecule is CN(CC(=O)N1CCC(C(=O)O)CC1)Cc1nccn1C. The number of carboxylic acid groups (broad SMARTS) is 1. The number of carbonyl (C=O) groups is 2. The standard InChI is InChI=1S/C14H22N4O3/c1-16(9-12-15-5-8-17(12)2)10-13(19)18-6-3-11(4-7-18)14(20)21/h5,8,11H,3-4,6-7,9-10H2,1-2H3,(H,20,21). The Kier molecular flexibility index (Phi) is 4.95. The molecule has 21 heavy (non-hydrogen) atoms. The zero-order chi connectivity index (χ0) is 15.4. The third-order valence-electron chi connectivity index (χ3n) is 3.93. The van der Waals surface area contributed by atoms with Crippen molar-refractivity contribution in [2.45, 2.75) is 19.4 Å². The molecular formula is C14H22N4O3. The largest absolute Gasteiger partial charge is 0.481 e. The molecule has 1 N–H and O–H groups in total. The van der Waals surface area contributed by atoms with Crippen LogP contribution in [0.25, 0.3) is 0 Å². The van der Waals surface area contributed by atoms with Crippen molar-refractivity contribution in [3.05, 3.63) is 18.2 Å². The highest BCUT2D eigenvalue weighted by molar-refractivity contribution is 5.78. The predicted molar refractivity (Wildman–Crippen MR) is 76.5 cm³/mol. The van der Waals surface area contributed by atoms with Crippen molar-refractivity contribution >= 4 is 11.9 Å². The van der Waals surface area contributed by atoms with Gasteiger partial charge in [-0.2, -0.15) is 0 Å². The lowest BCUT2D eigenvalue weighted by molar-refractivity contribution is -0.145. The molecule has 1 saturated heterocycles. The molecule has 1 aliphatic rings. The first-order valence-corrected chi connectivity index (χ1v) is 7.12. The first kappa shape index (κ1) is 15.5. The quantitative estimate of drug-likeness (QED) is 0.838. The van der Waals surface area contributed by atoms with Crippen molar-refractivity contribution in [1.29, 1.82) is 0 Å². The van der Waals surface area contributed by atoms with Crippen LogP contribution in [0.1, 0.15) is 18.7 Å². The van der Waals surface area contributed by atoms with Crippen molar-refractivity contribution in [2.75, 3.05) is 26.7 Å². The van der Waals surface area contributed by atoms with Gasteiger partial charge in [0, 0.05) is 32.5 Å². The third-order valence-corrected chi connectivity index (χ3v) is 3.93. The second-order valence-electron chi connectivity index (χ2n) is 5.62. The van der Waals surface area contributed by atoms with E-state index in [4.69, 9.17) is 5.11 Å². The highest BCUT2D eigenvalue weighted by atomic mass is 16.4. The molecule has 1 amide bonds. The van der Waals surface area contributed by atoms with Gasteiger partial charge in [0.25, 0.3) is 0 Å². The molecule has 1 aromatic heterocycles. The summed E-state index contributed by atoms with van der Waals surface area (Å²) in [6.45, 7) is 2.00. The Morgan fingerprint density at radius 1 is 1.43 bits per heavy atom. The molecule has 2 heterocycles. The number of imidazole rings is 1. The van der Waals surface area contributed by atoms with Crippen molar-refractivity contribution in [2.24, 2.45) is 13.0 Å². The van der Waals surface area contributed by atoms with Crippen molar-refractivity contribution in [1.82, 2.24) is 19.4 Å². The number of amides is 1. The van der Waals surface area contributed by atoms with Gasteiger partial charge >= 0.3 is 5.97 Å². The fourth-order valence-electron chi connectivity index (χ4n) is 2.55. The Morgan fingerprint density at radius 3 is 2.62 bits per heavy atom. The fraction of sp³-hybridized carbons (Fsp3) is 0.643. The number of nitrogens with zero attached hydrogens (tertiary/aromatic N) is 4. The maximum Gasteiger partial charge on any atom is 0.306 e. The van der Waals surface area contributed by atoms with Crippen LogP contribution in [0.2, 0.25) is 0 Å². The summed E-state index contributed by atoms with van der Waals surface area (Å²) in [5.74, 6) is -0.0984. The summed E-state index contributed by atoms with van der Waals surface area (Å²) in [7, 11) is 3.81. The molecule has 1 fully saturated rings. The van der Waals surface area contributed by atoms with Crippen LogP contribution >= 0.6 is 0 Å². The predicted octanol–water partition coefficient (Wildman–Crippen LogP) is 0.175. The molecule has 0 atom stereocenters. The van der Waals surface area contributed by atoms with E-state index in [1.54, 1.807) is 11.1 Å². The van der Waals surface area contributed by atoms with E-state index in [0.29, 0.717) is 39.0 Å². The van der Waals surface area contributed by atoms with Gasteiger partial charge in [0.2, 0.25) is 5.91 Å². The molecule has 0 radical (unpaired) electrons. The molecule has 7 heteroatoms. The number of aromatic nitrogens is 2. The van der Waals surface area contributed by atoms with E-state index in [2.05, 4.69) is 4.98 Å². The Balaban J connectivity index is 1.79. The van der Waals surface area contributed by atoms with E-state index in [0.717, 1.165) is 5.82 Å². The van der Waals surface area contributed by atoms with Crippen molar-refractivity contribution in [3.63, 3.8) is 0 Å². The number of hydrogen-bond acceptors (Lipinski definition) is 4. The van der Waals surface area contributed by atoms with Gasteiger partial charge in [0.05, 0.1) is 19.0 Å². The van der Waals surface area contributed by atoms with Crippen LogP contribution in [-0.2, 0) is 23.2 Å². The number of likely N-dealkylation sites (N-methyl/N-ethyl adjacent to an activating group) is 1. The normalized spacial score (nSPS) is 16.4. The first-order valence-electron chi connectivity index (χ1n) is 7.12. The highest BCUT2D eigenvalue weighted by Crippen LogP contribution is 2.17. The molecule has 0 aliphatic carbocycles. The highest BCUT2D eigenvalue weighted by Gasteiger charge is 2.27. The molecular weight excluding hydrogens is 272 g/mol. The minimum Gasteiger partial charge on any atom is -0.481 e. The average molecular weight is 294 g/mol. The number of aryl methyl sites for hydroxylation is 1. The number of likely N-dealkylation sites (tertiary alicyclic amines) is 1. The maximum atomic E-state index is 12.2. The lowest BCUT2D eigenvalue weighted by atomic mass is 9.97. The average Bonchev–Trinajstić information content (AvgIpc) is 2.84. The van der Waals surface area contributed by atoms with E-state index in [-0.39, 0.29) is 11.8 Å². The van der Waals surface area contributed by atoms with Crippen LogP contribution in [0.15, 0.2) is 12.4 Å². The molecule has 1 aliphatic heterocycles. The summed E-state index contributed by atoms with van der Waals surface area (Å²) in [4.78, 5) is 31.0. The summed E-state index contributed by atoms with van der Waals surface area (Å²) in [5.41, 5.74) is 0. The van der Waals surface area contributed by atoms with Crippen LogP contribution in [0.5, 0.6) is 0 Å². The van der Waals surface area contributed by atoms with Crippen LogP contribution in [-0.4, -0.2) is 63.0 Å². The number of piperidine rings is 1. The number of hydrogen-bond donors (Lipinski definition) is 1. The Bertz CT molecular complexity index is 506. The van der Waals surface area contributed by atoms with Gasteiger partial charge in [-0.3, -0.25) is 14.5 Å². The molecule has 2 rings (SSSR count). The van der Waals surface area contributed by atoms with E-state index in [1.165, 1.54) is 0 Å². The second kappa shape index (κ2) is 6.71. The van der Waals surface area contributed by atoms with Gasteiger partial charge in [0.15, 0.2) is 0 Å². The monoisotopic (exact) mass is 294 g/mol. The lowest BCUT2D eigenvalue weighted by Crippen LogP contribution is -2.44. The van der Waals surface area contributed by atoms with Gasteiger partial charge in [-0.05, 0) is 19.9 Å². The smallest absolute Gasteiger partial charge is 0.306 e. The molecule has 0 saturated carbocycles. The van der Waals surface area contributed by atoms with Gasteiger partial charge < -0.3 is 14.6 Å². The minimum atomic E-state index is -0.756. The number of rotatable bonds is 5. The fourth-order valence-corrected chi connectivity index (χ4v) is 2.55. The summed E-state index contributed by atoms with van der Waals surface area (Å²) in [5, 5.41) is 8.96. The topological polar surface area (TPSA) is 78.7 Å². The van der Waals surface area contributed by atoms with Gasteiger partial charge in [-0.15, -0.1) is 0 Å². The van der Waals surface area contributed by atoms with Crippen LogP contribution in [0, 0.1) is 5.92 Å². The summed E-state index contributed by atoms with van der Waals surface area (Å²) in [6.07, 6.45) is 4.71. The van der Waals surface area contributed by atoms with Crippen LogP contribution in [0.4, 0.5) is 0 Å². The molecule has 7 nitrogen and oxygen atoms in total. The molecule has 0 unspecified atom stereocenters. The summed E-state index contributed by atoms with van der Waals surface area (Å²) < 4.78 is 1.93. The van der Waals surface area contributed by atoms with E-state index < -0.39 is 5.97 Å². The van der Waals surface area contributed by atoms with Crippen molar-refractivity contribution < 1.29 is 14.7 Å². The second-order valence-corrected chi connectivity index (χ2v) is 5.62. The first-order chi connectivity index (χ1) is 9.97. The van der Waals surface area contributed by atoms with Gasteiger partial charge in [0.1, 0.15) is 5.82 Å². The Labute approximate surface area is 124 Å². The number of carbonyl (C=O) groups excluding carboxylic acids is 1. The minimum absolute atomic E-state index is 0.0514. The summed E-state index contributed by atoms with van der Waals surface area (Å²) >= 11 is 0. The van der Waals surface area contributed by atoms with E-state index in [9.17, 15) is 9.59 Å². The molecule has 0 bridgehead atoms. The number of aliphatic carboxylic acids is 1. The van der Waals surface area contributed by atoms with Gasteiger partial charge in [-0.25, -0.2) is 4.98 Å². The Morgan fingerprint density at radius 2 is 2.10 bits per heavy atom. The van der Waals surface area contributed by atoms with Crippen molar-refractivity contribution in [3.8, 4) is 0 Å². The zero-order valence-electron chi connectivity index (χ0n) is 12.5. The molecule has 0 spiro atoms. The third kappa shape index (κ3) is 4.04. The van der Waals surface area contributed by atoms with Crippen LogP contribution < -0.4 is 0 Å². The van der Waals surface area contributed by atoms with Gasteiger partial charge in [-0.1, -0.05) is 0 Å². The molecule has 116 valence electrons. The Hall–Kier alpha value is -1.89. The molecule has 1 aromatic rings. The number of carboxylic acids is 1. The summed E-state index contributed by atoms with van der Waals surface area (Å²) in [6, 6.07) is 0. The molecule has 0 aromatic carbocycles. The van der Waals surface area contributed by atoms with E-state index >= 15 is 0 Å². The van der Waals surface area contributed by atoms with Crippen LogP contribution in [0.3, 0.4) is 0 Å². The zero-order valence-corrected chi connectivity index (χ0v) is 12.5. The maximum absolute atomic E-state index is 12.2.